The highest BCUT2D eigenvalue weighted by Crippen LogP contribution is 2.46. The molecule has 0 atom stereocenters. The van der Waals surface area contributed by atoms with Crippen LogP contribution in [0.2, 0.25) is 0 Å². The average molecular weight is 289 g/mol. The van der Waals surface area contributed by atoms with Gasteiger partial charge in [-0.25, -0.2) is 0 Å². The molecule has 0 saturated carbocycles. The van der Waals surface area contributed by atoms with E-state index < -0.39 is 0 Å². The van der Waals surface area contributed by atoms with Gasteiger partial charge in [0.2, 0.25) is 0 Å². The van der Waals surface area contributed by atoms with Gasteiger partial charge >= 0.3 is 0 Å². The molecule has 0 saturated heterocycles. The van der Waals surface area contributed by atoms with Gasteiger partial charge in [0.15, 0.2) is 0 Å². The van der Waals surface area contributed by atoms with Gasteiger partial charge in [-0.15, -0.1) is 11.8 Å². The third-order valence-electron chi connectivity index (χ3n) is 3.92. The zero-order valence-corrected chi connectivity index (χ0v) is 12.4. The molecule has 0 spiro atoms. The molecule has 0 amide bonds. The second kappa shape index (κ2) is 4.97. The molecule has 1 heterocycles. The maximum Gasteiger partial charge on any atom is 0.0314 e. The first kappa shape index (κ1) is 12.5. The van der Waals surface area contributed by atoms with Gasteiger partial charge in [-0.05, 0) is 39.9 Å². The fourth-order valence-corrected chi connectivity index (χ4v) is 4.08. The second-order valence-corrected chi connectivity index (χ2v) is 6.24. The van der Waals surface area contributed by atoms with E-state index in [1.165, 1.54) is 32.7 Å². The van der Waals surface area contributed by atoms with Gasteiger partial charge in [-0.1, -0.05) is 54.6 Å². The predicted octanol–water partition coefficient (Wildman–Crippen LogP) is 5.21. The fraction of sp³-hybridized carbons (Fsp3) is 0.0526. The Morgan fingerprint density at radius 2 is 1.43 bits per heavy atom. The summed E-state index contributed by atoms with van der Waals surface area (Å²) in [5, 5.41) is 0. The average Bonchev–Trinajstić information content (AvgIpc) is 2.55. The maximum absolute atomic E-state index is 5.80. The second-order valence-electron chi connectivity index (χ2n) is 5.25. The number of hydrogen-bond donors (Lipinski definition) is 1. The molecule has 0 unspecified atom stereocenters. The van der Waals surface area contributed by atoms with Crippen molar-refractivity contribution < 1.29 is 0 Å². The van der Waals surface area contributed by atoms with Crippen molar-refractivity contribution in [3.8, 4) is 22.3 Å². The molecule has 0 radical (unpaired) electrons. The summed E-state index contributed by atoms with van der Waals surface area (Å²) in [6, 6.07) is 23.4. The lowest BCUT2D eigenvalue weighted by atomic mass is 9.95. The number of thioether (sulfide) groups is 1. The van der Waals surface area contributed by atoms with Gasteiger partial charge in [0, 0.05) is 16.3 Å². The van der Waals surface area contributed by atoms with E-state index in [0.717, 1.165) is 11.4 Å². The van der Waals surface area contributed by atoms with Crippen LogP contribution in [0.5, 0.6) is 0 Å². The van der Waals surface area contributed by atoms with E-state index in [1.807, 2.05) is 23.9 Å². The Morgan fingerprint density at radius 3 is 2.29 bits per heavy atom. The molecule has 21 heavy (non-hydrogen) atoms. The van der Waals surface area contributed by atoms with Crippen LogP contribution in [0, 0.1) is 0 Å². The Morgan fingerprint density at radius 1 is 0.714 bits per heavy atom. The molecule has 0 aromatic heterocycles. The minimum Gasteiger partial charge on any atom is -0.399 e. The SMILES string of the molecule is Nc1ccc(-c2cccc3c2SCc2ccccc2-3)cc1. The minimum absolute atomic E-state index is 0.807. The largest absolute Gasteiger partial charge is 0.399 e. The highest BCUT2D eigenvalue weighted by molar-refractivity contribution is 7.98. The molecule has 1 aliphatic rings. The van der Waals surface area contributed by atoms with Crippen LogP contribution in [0.4, 0.5) is 5.69 Å². The molecular weight excluding hydrogens is 274 g/mol. The molecule has 102 valence electrons. The van der Waals surface area contributed by atoms with Crippen molar-refractivity contribution in [3.63, 3.8) is 0 Å². The van der Waals surface area contributed by atoms with E-state index >= 15 is 0 Å². The van der Waals surface area contributed by atoms with Crippen molar-refractivity contribution in [2.45, 2.75) is 10.6 Å². The lowest BCUT2D eigenvalue weighted by molar-refractivity contribution is 1.32. The minimum atomic E-state index is 0.807. The number of nitrogens with two attached hydrogens (primary N) is 1. The van der Waals surface area contributed by atoms with E-state index in [4.69, 9.17) is 5.73 Å². The van der Waals surface area contributed by atoms with Crippen molar-refractivity contribution in [1.29, 1.82) is 0 Å². The first-order chi connectivity index (χ1) is 10.3. The standard InChI is InChI=1S/C19H15NS/c20-15-10-8-13(9-11-15)17-6-3-7-18-16-5-2-1-4-14(16)12-21-19(17)18/h1-11H,12,20H2. The normalized spacial score (nSPS) is 12.6. The number of nitrogen functional groups attached to an aromatic ring is 1. The summed E-state index contributed by atoms with van der Waals surface area (Å²) in [6.45, 7) is 0. The Bertz CT molecular complexity index is 806. The Hall–Kier alpha value is -2.19. The van der Waals surface area contributed by atoms with Crippen LogP contribution in [-0.4, -0.2) is 0 Å². The van der Waals surface area contributed by atoms with E-state index in [1.54, 1.807) is 0 Å². The lowest BCUT2D eigenvalue weighted by Crippen LogP contribution is -1.97. The highest BCUT2D eigenvalue weighted by atomic mass is 32.2. The lowest BCUT2D eigenvalue weighted by Gasteiger charge is -2.22. The molecule has 0 aliphatic carbocycles. The third-order valence-corrected chi connectivity index (χ3v) is 5.10. The molecule has 1 aliphatic heterocycles. The summed E-state index contributed by atoms with van der Waals surface area (Å²) < 4.78 is 0. The number of anilines is 1. The van der Waals surface area contributed by atoms with Crippen LogP contribution in [0.15, 0.2) is 71.6 Å². The zero-order chi connectivity index (χ0) is 14.2. The van der Waals surface area contributed by atoms with Gasteiger partial charge in [0.1, 0.15) is 0 Å². The van der Waals surface area contributed by atoms with Gasteiger partial charge in [0.05, 0.1) is 0 Å². The van der Waals surface area contributed by atoms with Crippen LogP contribution < -0.4 is 5.73 Å². The maximum atomic E-state index is 5.80. The fourth-order valence-electron chi connectivity index (χ4n) is 2.85. The summed E-state index contributed by atoms with van der Waals surface area (Å²) in [6.07, 6.45) is 0. The summed E-state index contributed by atoms with van der Waals surface area (Å²) in [7, 11) is 0. The molecule has 1 nitrogen and oxygen atoms in total. The topological polar surface area (TPSA) is 26.0 Å². The Balaban J connectivity index is 1.92. The quantitative estimate of drug-likeness (QED) is 0.622. The van der Waals surface area contributed by atoms with E-state index in [-0.39, 0.29) is 0 Å². The number of rotatable bonds is 1. The molecule has 0 fully saturated rings. The predicted molar refractivity (Wildman–Crippen MR) is 91.3 cm³/mol. The smallest absolute Gasteiger partial charge is 0.0314 e. The summed E-state index contributed by atoms with van der Waals surface area (Å²) >= 11 is 1.93. The van der Waals surface area contributed by atoms with Gasteiger partial charge < -0.3 is 5.73 Å². The van der Waals surface area contributed by atoms with Crippen LogP contribution >= 0.6 is 11.8 Å². The molecular formula is C19H15NS. The van der Waals surface area contributed by atoms with E-state index in [0.29, 0.717) is 0 Å². The van der Waals surface area contributed by atoms with Crippen molar-refractivity contribution in [3.05, 3.63) is 72.3 Å². The molecule has 3 aromatic carbocycles. The van der Waals surface area contributed by atoms with Gasteiger partial charge in [-0.3, -0.25) is 0 Å². The van der Waals surface area contributed by atoms with E-state index in [2.05, 4.69) is 54.6 Å². The zero-order valence-electron chi connectivity index (χ0n) is 11.5. The Kier molecular flexibility index (Phi) is 2.97. The van der Waals surface area contributed by atoms with Crippen molar-refractivity contribution >= 4 is 17.4 Å². The summed E-state index contributed by atoms with van der Waals surface area (Å²) in [5.41, 5.74) is 13.3. The molecule has 4 rings (SSSR count). The molecule has 0 bridgehead atoms. The van der Waals surface area contributed by atoms with Crippen molar-refractivity contribution in [1.82, 2.24) is 0 Å². The molecule has 2 heteroatoms. The third kappa shape index (κ3) is 2.12. The first-order valence-electron chi connectivity index (χ1n) is 7.03. The van der Waals surface area contributed by atoms with Gasteiger partial charge in [-0.2, -0.15) is 0 Å². The number of fused-ring (bicyclic) bond motifs is 3. The molecule has 2 N–H and O–H groups in total. The van der Waals surface area contributed by atoms with Gasteiger partial charge in [0.25, 0.3) is 0 Å². The highest BCUT2D eigenvalue weighted by Gasteiger charge is 2.19. The van der Waals surface area contributed by atoms with Crippen molar-refractivity contribution in [2.75, 3.05) is 5.73 Å². The van der Waals surface area contributed by atoms with Crippen LogP contribution in [0.25, 0.3) is 22.3 Å². The van der Waals surface area contributed by atoms with Crippen LogP contribution in [-0.2, 0) is 5.75 Å². The number of benzene rings is 3. The Labute approximate surface area is 128 Å². The first-order valence-corrected chi connectivity index (χ1v) is 8.01. The summed E-state index contributed by atoms with van der Waals surface area (Å²) in [4.78, 5) is 1.38. The van der Waals surface area contributed by atoms with Crippen LogP contribution in [0.1, 0.15) is 5.56 Å². The van der Waals surface area contributed by atoms with Crippen LogP contribution in [0.3, 0.4) is 0 Å². The molecule has 3 aromatic rings. The number of hydrogen-bond acceptors (Lipinski definition) is 2. The summed E-state index contributed by atoms with van der Waals surface area (Å²) in [5.74, 6) is 1.04. The van der Waals surface area contributed by atoms with Crippen molar-refractivity contribution in [2.24, 2.45) is 0 Å². The monoisotopic (exact) mass is 289 g/mol. The van der Waals surface area contributed by atoms with E-state index in [9.17, 15) is 0 Å².